The van der Waals surface area contributed by atoms with Crippen LogP contribution in [0.3, 0.4) is 0 Å². The summed E-state index contributed by atoms with van der Waals surface area (Å²) < 4.78 is 11.5. The van der Waals surface area contributed by atoms with E-state index in [1.165, 1.54) is 44.9 Å². The first-order valence-corrected chi connectivity index (χ1v) is 8.16. The smallest absolute Gasteiger partial charge is 0.125 e. The molecule has 0 amide bonds. The van der Waals surface area contributed by atoms with Gasteiger partial charge in [0.2, 0.25) is 0 Å². The van der Waals surface area contributed by atoms with Gasteiger partial charge in [-0.3, -0.25) is 0 Å². The van der Waals surface area contributed by atoms with E-state index in [9.17, 15) is 0 Å². The molecule has 2 rings (SSSR count). The standard InChI is InChI=1S/C18H28O2/c1-2-3-4-5-6-7-11-14-18(16-20-18)15-19-17-12-9-8-10-13-17/h8-10,12-13H,2-7,11,14-16H2,1H3. The minimum Gasteiger partial charge on any atom is -0.490 e. The Morgan fingerprint density at radius 2 is 1.65 bits per heavy atom. The van der Waals surface area contributed by atoms with Crippen molar-refractivity contribution in [3.05, 3.63) is 30.3 Å². The van der Waals surface area contributed by atoms with Gasteiger partial charge in [0, 0.05) is 0 Å². The van der Waals surface area contributed by atoms with Crippen LogP contribution in [0.25, 0.3) is 0 Å². The van der Waals surface area contributed by atoms with Crippen LogP contribution in [0, 0.1) is 0 Å². The monoisotopic (exact) mass is 276 g/mol. The van der Waals surface area contributed by atoms with E-state index < -0.39 is 0 Å². The van der Waals surface area contributed by atoms with Crippen LogP contribution in [0.1, 0.15) is 58.3 Å². The van der Waals surface area contributed by atoms with E-state index in [1.807, 2.05) is 30.3 Å². The van der Waals surface area contributed by atoms with Gasteiger partial charge < -0.3 is 9.47 Å². The lowest BCUT2D eigenvalue weighted by molar-refractivity contribution is 0.177. The van der Waals surface area contributed by atoms with Crippen molar-refractivity contribution in [2.45, 2.75) is 63.9 Å². The normalized spacial score (nSPS) is 20.9. The zero-order valence-electron chi connectivity index (χ0n) is 12.8. The lowest BCUT2D eigenvalue weighted by atomic mass is 10.0. The molecule has 1 aliphatic heterocycles. The Labute approximate surface area is 123 Å². The first-order chi connectivity index (χ1) is 9.85. The number of ether oxygens (including phenoxy) is 2. The van der Waals surface area contributed by atoms with Gasteiger partial charge in [-0.1, -0.05) is 70.1 Å². The van der Waals surface area contributed by atoms with Crippen LogP contribution in [-0.2, 0) is 4.74 Å². The third-order valence-electron chi connectivity index (χ3n) is 4.03. The fourth-order valence-corrected chi connectivity index (χ4v) is 2.54. The van der Waals surface area contributed by atoms with Gasteiger partial charge in [-0.2, -0.15) is 0 Å². The number of benzene rings is 1. The molecule has 0 radical (unpaired) electrons. The third-order valence-corrected chi connectivity index (χ3v) is 4.03. The average Bonchev–Trinajstić information content (AvgIpc) is 3.26. The van der Waals surface area contributed by atoms with Gasteiger partial charge in [-0.25, -0.2) is 0 Å². The van der Waals surface area contributed by atoms with Gasteiger partial charge in [0.1, 0.15) is 18.0 Å². The SMILES string of the molecule is CCCCCCCCCC1(COc2ccccc2)CO1. The Morgan fingerprint density at radius 1 is 1.00 bits per heavy atom. The first-order valence-electron chi connectivity index (χ1n) is 8.16. The molecular formula is C18H28O2. The van der Waals surface area contributed by atoms with E-state index in [2.05, 4.69) is 6.92 Å². The van der Waals surface area contributed by atoms with Gasteiger partial charge in [-0.15, -0.1) is 0 Å². The first kappa shape index (κ1) is 15.4. The molecule has 1 atom stereocenters. The summed E-state index contributed by atoms with van der Waals surface area (Å²) in [5.74, 6) is 0.946. The van der Waals surface area contributed by atoms with Crippen LogP contribution in [0.4, 0.5) is 0 Å². The Bertz CT molecular complexity index is 357. The summed E-state index contributed by atoms with van der Waals surface area (Å²) in [4.78, 5) is 0. The molecule has 1 aromatic rings. The maximum absolute atomic E-state index is 5.82. The summed E-state index contributed by atoms with van der Waals surface area (Å²) in [5.41, 5.74) is 0.0270. The number of hydrogen-bond acceptors (Lipinski definition) is 2. The molecule has 0 N–H and O–H groups in total. The van der Waals surface area contributed by atoms with Crippen LogP contribution >= 0.6 is 0 Å². The highest BCUT2D eigenvalue weighted by Gasteiger charge is 2.44. The van der Waals surface area contributed by atoms with Gasteiger partial charge in [0.15, 0.2) is 0 Å². The number of para-hydroxylation sites is 1. The van der Waals surface area contributed by atoms with Crippen LogP contribution < -0.4 is 4.74 Å². The molecule has 112 valence electrons. The summed E-state index contributed by atoms with van der Waals surface area (Å²) in [7, 11) is 0. The summed E-state index contributed by atoms with van der Waals surface area (Å²) in [6.45, 7) is 3.84. The van der Waals surface area contributed by atoms with Crippen molar-refractivity contribution in [3.63, 3.8) is 0 Å². The summed E-state index contributed by atoms with van der Waals surface area (Å²) in [6.07, 6.45) is 10.6. The summed E-state index contributed by atoms with van der Waals surface area (Å²) >= 11 is 0. The zero-order chi connectivity index (χ0) is 14.1. The Kier molecular flexibility index (Phi) is 6.38. The predicted molar refractivity (Wildman–Crippen MR) is 83.2 cm³/mol. The van der Waals surface area contributed by atoms with Crippen molar-refractivity contribution in [2.24, 2.45) is 0 Å². The third kappa shape index (κ3) is 5.54. The Balaban J connectivity index is 1.54. The maximum atomic E-state index is 5.82. The largest absolute Gasteiger partial charge is 0.490 e. The molecule has 1 saturated heterocycles. The van der Waals surface area contributed by atoms with Crippen molar-refractivity contribution in [2.75, 3.05) is 13.2 Å². The highest BCUT2D eigenvalue weighted by molar-refractivity contribution is 5.21. The van der Waals surface area contributed by atoms with Crippen LogP contribution in [-0.4, -0.2) is 18.8 Å². The van der Waals surface area contributed by atoms with Crippen molar-refractivity contribution in [3.8, 4) is 5.75 Å². The molecule has 2 nitrogen and oxygen atoms in total. The van der Waals surface area contributed by atoms with Gasteiger partial charge in [0.25, 0.3) is 0 Å². The van der Waals surface area contributed by atoms with E-state index in [1.54, 1.807) is 0 Å². The number of hydrogen-bond donors (Lipinski definition) is 0. The van der Waals surface area contributed by atoms with Gasteiger partial charge in [-0.05, 0) is 18.6 Å². The second-order valence-corrected chi connectivity index (χ2v) is 5.94. The van der Waals surface area contributed by atoms with Crippen LogP contribution in [0.2, 0.25) is 0 Å². The van der Waals surface area contributed by atoms with E-state index in [0.29, 0.717) is 6.61 Å². The fourth-order valence-electron chi connectivity index (χ4n) is 2.54. The lowest BCUT2D eigenvalue weighted by Crippen LogP contribution is -2.21. The molecule has 1 heterocycles. The molecule has 0 aromatic heterocycles. The van der Waals surface area contributed by atoms with Gasteiger partial charge in [0.05, 0.1) is 6.61 Å². The second-order valence-electron chi connectivity index (χ2n) is 5.94. The molecular weight excluding hydrogens is 248 g/mol. The number of rotatable bonds is 11. The highest BCUT2D eigenvalue weighted by atomic mass is 16.6. The van der Waals surface area contributed by atoms with Gasteiger partial charge >= 0.3 is 0 Å². The van der Waals surface area contributed by atoms with Crippen molar-refractivity contribution >= 4 is 0 Å². The van der Waals surface area contributed by atoms with E-state index in [4.69, 9.17) is 9.47 Å². The van der Waals surface area contributed by atoms with Crippen LogP contribution in [0.15, 0.2) is 30.3 Å². The van der Waals surface area contributed by atoms with Crippen molar-refractivity contribution in [1.29, 1.82) is 0 Å². The minimum atomic E-state index is 0.0270. The molecule has 0 spiro atoms. The highest BCUT2D eigenvalue weighted by Crippen LogP contribution is 2.33. The van der Waals surface area contributed by atoms with Crippen molar-refractivity contribution in [1.82, 2.24) is 0 Å². The summed E-state index contributed by atoms with van der Waals surface area (Å²) in [6, 6.07) is 10.0. The molecule has 0 bridgehead atoms. The maximum Gasteiger partial charge on any atom is 0.125 e. The lowest BCUT2D eigenvalue weighted by Gasteiger charge is -2.13. The average molecular weight is 276 g/mol. The zero-order valence-corrected chi connectivity index (χ0v) is 12.8. The van der Waals surface area contributed by atoms with E-state index in [-0.39, 0.29) is 5.60 Å². The second kappa shape index (κ2) is 8.31. The minimum absolute atomic E-state index is 0.0270. The molecule has 1 aromatic carbocycles. The Morgan fingerprint density at radius 3 is 2.30 bits per heavy atom. The van der Waals surface area contributed by atoms with Crippen molar-refractivity contribution < 1.29 is 9.47 Å². The topological polar surface area (TPSA) is 21.8 Å². The Hall–Kier alpha value is -1.02. The molecule has 2 heteroatoms. The molecule has 1 fully saturated rings. The predicted octanol–water partition coefficient (Wildman–Crippen LogP) is 4.98. The quantitative estimate of drug-likeness (QED) is 0.420. The molecule has 0 saturated carbocycles. The molecule has 1 unspecified atom stereocenters. The molecule has 0 aliphatic carbocycles. The summed E-state index contributed by atoms with van der Waals surface area (Å²) in [5, 5.41) is 0. The van der Waals surface area contributed by atoms with Crippen LogP contribution in [0.5, 0.6) is 5.75 Å². The molecule has 20 heavy (non-hydrogen) atoms. The number of unbranched alkanes of at least 4 members (excludes halogenated alkanes) is 6. The fraction of sp³-hybridized carbons (Fsp3) is 0.667. The molecule has 1 aliphatic rings. The number of epoxide rings is 1. The van der Waals surface area contributed by atoms with E-state index in [0.717, 1.165) is 18.8 Å². The van der Waals surface area contributed by atoms with E-state index >= 15 is 0 Å².